The van der Waals surface area contributed by atoms with Crippen LogP contribution in [0.25, 0.3) is 0 Å². The summed E-state index contributed by atoms with van der Waals surface area (Å²) in [5.74, 6) is 0.0100. The molecule has 0 bridgehead atoms. The molecule has 2 fully saturated rings. The molecule has 2 heterocycles. The summed E-state index contributed by atoms with van der Waals surface area (Å²) in [7, 11) is 0. The van der Waals surface area contributed by atoms with E-state index in [0.29, 0.717) is 13.2 Å². The summed E-state index contributed by atoms with van der Waals surface area (Å²) in [6.07, 6.45) is 5.11. The SMILES string of the molecule is CC12CC=C(OCCN3CCOCC3)C=C1SC(=NCc1ccc(C(=O)O)cc1)N2. The average molecular weight is 430 g/mol. The number of hydrogen-bond acceptors (Lipinski definition) is 6. The van der Waals surface area contributed by atoms with E-state index >= 15 is 0 Å². The highest BCUT2D eigenvalue weighted by Gasteiger charge is 2.39. The second-order valence-electron chi connectivity index (χ2n) is 7.80. The van der Waals surface area contributed by atoms with Crippen LogP contribution in [0.4, 0.5) is 0 Å². The number of nitrogens with zero attached hydrogens (tertiary/aromatic N) is 2. The molecule has 1 unspecified atom stereocenters. The molecule has 7 nitrogen and oxygen atoms in total. The summed E-state index contributed by atoms with van der Waals surface area (Å²) in [6.45, 7) is 7.84. The van der Waals surface area contributed by atoms with E-state index in [2.05, 4.69) is 34.3 Å². The molecule has 8 heteroatoms. The highest BCUT2D eigenvalue weighted by Crippen LogP contribution is 2.42. The van der Waals surface area contributed by atoms with Crippen LogP contribution in [0.5, 0.6) is 0 Å². The van der Waals surface area contributed by atoms with E-state index in [0.717, 1.165) is 55.8 Å². The van der Waals surface area contributed by atoms with Crippen molar-refractivity contribution < 1.29 is 19.4 Å². The third-order valence-electron chi connectivity index (χ3n) is 5.50. The van der Waals surface area contributed by atoms with Crippen molar-refractivity contribution in [1.82, 2.24) is 10.2 Å². The number of aromatic carboxylic acids is 1. The minimum atomic E-state index is -0.916. The number of fused-ring (bicyclic) bond motifs is 1. The molecule has 1 aromatic carbocycles. The molecule has 3 aliphatic rings. The van der Waals surface area contributed by atoms with Crippen molar-refractivity contribution in [3.8, 4) is 0 Å². The first-order valence-electron chi connectivity index (χ1n) is 10.2. The summed E-state index contributed by atoms with van der Waals surface area (Å²) < 4.78 is 11.4. The van der Waals surface area contributed by atoms with Crippen molar-refractivity contribution >= 4 is 22.9 Å². The van der Waals surface area contributed by atoms with Gasteiger partial charge in [0.25, 0.3) is 0 Å². The number of benzene rings is 1. The second kappa shape index (κ2) is 9.24. The number of ether oxygens (including phenoxy) is 2. The molecule has 1 aliphatic carbocycles. The lowest BCUT2D eigenvalue weighted by Crippen LogP contribution is -2.40. The van der Waals surface area contributed by atoms with Crippen molar-refractivity contribution in [3.63, 3.8) is 0 Å². The minimum Gasteiger partial charge on any atom is -0.493 e. The molecular weight excluding hydrogens is 402 g/mol. The van der Waals surface area contributed by atoms with E-state index in [1.807, 2.05) is 12.1 Å². The van der Waals surface area contributed by atoms with Crippen molar-refractivity contribution in [2.75, 3.05) is 39.5 Å². The second-order valence-corrected chi connectivity index (χ2v) is 8.83. The number of allylic oxidation sites excluding steroid dienone is 1. The molecule has 0 aromatic heterocycles. The molecule has 4 rings (SSSR count). The Morgan fingerprint density at radius 1 is 1.33 bits per heavy atom. The summed E-state index contributed by atoms with van der Waals surface area (Å²) in [6, 6.07) is 6.84. The van der Waals surface area contributed by atoms with Gasteiger partial charge in [0.1, 0.15) is 12.4 Å². The smallest absolute Gasteiger partial charge is 0.335 e. The molecule has 0 saturated carbocycles. The van der Waals surface area contributed by atoms with Crippen LogP contribution in [0, 0.1) is 0 Å². The zero-order chi connectivity index (χ0) is 21.0. The maximum atomic E-state index is 11.0. The van der Waals surface area contributed by atoms with Gasteiger partial charge in [-0.2, -0.15) is 0 Å². The molecular formula is C22H27N3O4S. The monoisotopic (exact) mass is 429 g/mol. The first-order chi connectivity index (χ1) is 14.5. The number of rotatable bonds is 7. The predicted molar refractivity (Wildman–Crippen MR) is 118 cm³/mol. The van der Waals surface area contributed by atoms with Crippen LogP contribution in [0.2, 0.25) is 0 Å². The molecule has 2 aliphatic heterocycles. The van der Waals surface area contributed by atoms with Gasteiger partial charge in [-0.25, -0.2) is 4.79 Å². The number of hydrogen-bond donors (Lipinski definition) is 2. The third-order valence-corrected chi connectivity index (χ3v) is 6.72. The zero-order valence-corrected chi connectivity index (χ0v) is 17.9. The van der Waals surface area contributed by atoms with Crippen molar-refractivity contribution in [2.24, 2.45) is 4.99 Å². The van der Waals surface area contributed by atoms with E-state index in [9.17, 15) is 4.79 Å². The fourth-order valence-corrected chi connectivity index (χ4v) is 4.73. The van der Waals surface area contributed by atoms with Gasteiger partial charge < -0.3 is 19.9 Å². The molecule has 0 radical (unpaired) electrons. The van der Waals surface area contributed by atoms with Gasteiger partial charge in [0.15, 0.2) is 5.17 Å². The summed E-state index contributed by atoms with van der Waals surface area (Å²) in [4.78, 5) is 19.2. The normalized spacial score (nSPS) is 25.3. The number of carboxylic acid groups (broad SMARTS) is 1. The first kappa shape index (κ1) is 21.0. The van der Waals surface area contributed by atoms with Gasteiger partial charge in [0.2, 0.25) is 0 Å². The Balaban J connectivity index is 1.31. The fourth-order valence-electron chi connectivity index (χ4n) is 3.58. The highest BCUT2D eigenvalue weighted by molar-refractivity contribution is 8.17. The van der Waals surface area contributed by atoms with Crippen LogP contribution >= 0.6 is 11.8 Å². The Morgan fingerprint density at radius 2 is 2.10 bits per heavy atom. The van der Waals surface area contributed by atoms with Crippen molar-refractivity contribution in [3.05, 3.63) is 58.2 Å². The molecule has 30 heavy (non-hydrogen) atoms. The summed E-state index contributed by atoms with van der Waals surface area (Å²) in [5, 5.41) is 13.4. The lowest BCUT2D eigenvalue weighted by atomic mass is 9.93. The maximum Gasteiger partial charge on any atom is 0.335 e. The molecule has 0 amide bonds. The lowest BCUT2D eigenvalue weighted by molar-refractivity contribution is 0.0280. The Hall–Kier alpha value is -2.29. The molecule has 0 spiro atoms. The standard InChI is InChI=1S/C22H27N3O4S/c1-22-7-6-18(29-13-10-25-8-11-28-12-9-25)14-19(22)30-21(24-22)23-15-16-2-4-17(5-3-16)20(26)27/h2-6,14H,7-13,15H2,1H3,(H,23,24)(H,26,27). The fraction of sp³-hybridized carbons (Fsp3) is 0.455. The van der Waals surface area contributed by atoms with E-state index in [4.69, 9.17) is 14.6 Å². The quantitative estimate of drug-likeness (QED) is 0.690. The molecule has 2 saturated heterocycles. The van der Waals surface area contributed by atoms with E-state index in [1.165, 1.54) is 4.91 Å². The van der Waals surface area contributed by atoms with Crippen LogP contribution in [0.15, 0.2) is 52.1 Å². The lowest BCUT2D eigenvalue weighted by Gasteiger charge is -2.29. The Kier molecular flexibility index (Phi) is 6.46. The van der Waals surface area contributed by atoms with Crippen LogP contribution in [-0.4, -0.2) is 66.1 Å². The maximum absolute atomic E-state index is 11.0. The van der Waals surface area contributed by atoms with Crippen LogP contribution in [-0.2, 0) is 16.0 Å². The Morgan fingerprint density at radius 3 is 2.83 bits per heavy atom. The van der Waals surface area contributed by atoms with E-state index in [-0.39, 0.29) is 11.1 Å². The number of amidine groups is 1. The molecule has 1 aromatic rings. The van der Waals surface area contributed by atoms with Crippen LogP contribution in [0.3, 0.4) is 0 Å². The van der Waals surface area contributed by atoms with Crippen molar-refractivity contribution in [1.29, 1.82) is 0 Å². The zero-order valence-electron chi connectivity index (χ0n) is 17.1. The van der Waals surface area contributed by atoms with Gasteiger partial charge in [0.05, 0.1) is 30.9 Å². The van der Waals surface area contributed by atoms with Crippen LogP contribution < -0.4 is 5.32 Å². The Bertz CT molecular complexity index is 875. The van der Waals surface area contributed by atoms with Gasteiger partial charge in [-0.15, -0.1) is 0 Å². The van der Waals surface area contributed by atoms with E-state index in [1.54, 1.807) is 23.9 Å². The highest BCUT2D eigenvalue weighted by atomic mass is 32.2. The van der Waals surface area contributed by atoms with Crippen LogP contribution in [0.1, 0.15) is 29.3 Å². The molecule has 160 valence electrons. The largest absolute Gasteiger partial charge is 0.493 e. The minimum absolute atomic E-state index is 0.145. The molecule has 1 atom stereocenters. The third kappa shape index (κ3) is 5.06. The Labute approximate surface area is 180 Å². The van der Waals surface area contributed by atoms with Gasteiger partial charge >= 0.3 is 5.97 Å². The number of morpholine rings is 1. The summed E-state index contributed by atoms with van der Waals surface area (Å²) in [5.41, 5.74) is 1.12. The van der Waals surface area contributed by atoms with Gasteiger partial charge in [-0.1, -0.05) is 23.9 Å². The van der Waals surface area contributed by atoms with Crippen molar-refractivity contribution in [2.45, 2.75) is 25.4 Å². The number of nitrogens with one attached hydrogen (secondary N) is 1. The number of thioether (sulfide) groups is 1. The summed E-state index contributed by atoms with van der Waals surface area (Å²) >= 11 is 1.64. The number of carbonyl (C=O) groups is 1. The molecule has 2 N–H and O–H groups in total. The van der Waals surface area contributed by atoms with E-state index < -0.39 is 5.97 Å². The number of aliphatic imine (C=N–C) groups is 1. The van der Waals surface area contributed by atoms with Gasteiger partial charge in [-0.05, 0) is 43.2 Å². The topological polar surface area (TPSA) is 83.4 Å². The van der Waals surface area contributed by atoms with Gasteiger partial charge in [-0.3, -0.25) is 9.89 Å². The first-order valence-corrected chi connectivity index (χ1v) is 11.0. The van der Waals surface area contributed by atoms with Gasteiger partial charge in [0, 0.05) is 24.5 Å². The number of carboxylic acids is 1. The average Bonchev–Trinajstić information content (AvgIpc) is 3.09. The predicted octanol–water partition coefficient (Wildman–Crippen LogP) is 2.86.